The van der Waals surface area contributed by atoms with Gasteiger partial charge in [0.25, 0.3) is 0 Å². The molecule has 5 heteroatoms. The van der Waals surface area contributed by atoms with E-state index < -0.39 is 8.56 Å². The number of nitrogens with zero attached hydrogens (tertiary/aromatic N) is 1. The number of isocyanates is 1. The van der Waals surface area contributed by atoms with Crippen molar-refractivity contribution in [2.45, 2.75) is 18.9 Å². The van der Waals surface area contributed by atoms with Crippen LogP contribution in [0.5, 0.6) is 0 Å². The molecule has 0 aliphatic carbocycles. The predicted octanol–water partition coefficient (Wildman–Crippen LogP) is 1.74. The van der Waals surface area contributed by atoms with Crippen LogP contribution in [0.1, 0.15) is 12.8 Å². The Morgan fingerprint density at radius 3 is 2.39 bits per heavy atom. The number of unbranched alkanes of at least 4 members (excludes halogenated alkanes) is 1. The van der Waals surface area contributed by atoms with Gasteiger partial charge in [-0.1, -0.05) is 30.3 Å². The zero-order valence-corrected chi connectivity index (χ0v) is 11.9. The molecule has 0 unspecified atom stereocenters. The van der Waals surface area contributed by atoms with Gasteiger partial charge >= 0.3 is 8.56 Å². The van der Waals surface area contributed by atoms with E-state index in [0.29, 0.717) is 6.54 Å². The highest BCUT2D eigenvalue weighted by atomic mass is 28.4. The normalized spacial score (nSPS) is 11.0. The largest absolute Gasteiger partial charge is 0.394 e. The Balaban J connectivity index is 2.66. The summed E-state index contributed by atoms with van der Waals surface area (Å²) in [4.78, 5) is 13.5. The maximum Gasteiger partial charge on any atom is 0.371 e. The van der Waals surface area contributed by atoms with Crippen molar-refractivity contribution < 1.29 is 13.6 Å². The van der Waals surface area contributed by atoms with E-state index in [1.807, 2.05) is 30.3 Å². The Labute approximate surface area is 109 Å². The smallest absolute Gasteiger partial charge is 0.371 e. The molecule has 0 radical (unpaired) electrons. The summed E-state index contributed by atoms with van der Waals surface area (Å²) in [7, 11) is 1.08. The Morgan fingerprint density at radius 2 is 1.83 bits per heavy atom. The van der Waals surface area contributed by atoms with Crippen LogP contribution in [0.2, 0.25) is 6.04 Å². The second kappa shape index (κ2) is 7.95. The fourth-order valence-electron chi connectivity index (χ4n) is 1.95. The fourth-order valence-corrected chi connectivity index (χ4v) is 4.70. The Kier molecular flexibility index (Phi) is 6.53. The first-order chi connectivity index (χ1) is 8.79. The molecule has 0 saturated heterocycles. The van der Waals surface area contributed by atoms with Crippen LogP contribution in [0.3, 0.4) is 0 Å². The first-order valence-corrected chi connectivity index (χ1v) is 8.01. The second-order valence-electron chi connectivity index (χ2n) is 3.96. The van der Waals surface area contributed by atoms with Crippen molar-refractivity contribution in [2.75, 3.05) is 20.8 Å². The van der Waals surface area contributed by atoms with E-state index in [2.05, 4.69) is 4.99 Å². The highest BCUT2D eigenvalue weighted by Crippen LogP contribution is 2.16. The molecule has 0 aliphatic heterocycles. The van der Waals surface area contributed by atoms with Gasteiger partial charge in [-0.05, 0) is 24.1 Å². The minimum atomic E-state index is -2.32. The van der Waals surface area contributed by atoms with Crippen molar-refractivity contribution in [1.82, 2.24) is 0 Å². The van der Waals surface area contributed by atoms with Gasteiger partial charge < -0.3 is 8.85 Å². The van der Waals surface area contributed by atoms with Crippen LogP contribution in [-0.2, 0) is 13.6 Å². The highest BCUT2D eigenvalue weighted by molar-refractivity contribution is 6.81. The minimum Gasteiger partial charge on any atom is -0.394 e. The standard InChI is InChI=1S/C13H19NO3Si/c1-16-18(17-2,11-7-6-10-14-12-15)13-8-4-3-5-9-13/h3-5,8-9H,6-7,10-11H2,1-2H3. The number of rotatable bonds is 8. The molecule has 0 aromatic heterocycles. The van der Waals surface area contributed by atoms with Crippen LogP contribution >= 0.6 is 0 Å². The summed E-state index contributed by atoms with van der Waals surface area (Å²) < 4.78 is 11.4. The maximum atomic E-state index is 9.97. The van der Waals surface area contributed by atoms with E-state index in [0.717, 1.165) is 24.1 Å². The lowest BCUT2D eigenvalue weighted by atomic mass is 10.3. The minimum absolute atomic E-state index is 0.524. The molecule has 0 spiro atoms. The molecule has 1 aromatic rings. The summed E-state index contributed by atoms with van der Waals surface area (Å²) in [5.41, 5.74) is 0. The number of benzene rings is 1. The first kappa shape index (κ1) is 14.8. The number of hydrogen-bond donors (Lipinski definition) is 0. The summed E-state index contributed by atoms with van der Waals surface area (Å²) in [5.74, 6) is 0. The molecular formula is C13H19NO3Si. The summed E-state index contributed by atoms with van der Waals surface area (Å²) in [6.07, 6.45) is 3.32. The lowest BCUT2D eigenvalue weighted by Crippen LogP contribution is -2.52. The van der Waals surface area contributed by atoms with Crippen molar-refractivity contribution in [3.05, 3.63) is 30.3 Å². The Bertz CT molecular complexity index is 386. The predicted molar refractivity (Wildman–Crippen MR) is 72.9 cm³/mol. The van der Waals surface area contributed by atoms with Crippen molar-refractivity contribution >= 4 is 19.8 Å². The van der Waals surface area contributed by atoms with E-state index in [4.69, 9.17) is 8.85 Å². The van der Waals surface area contributed by atoms with E-state index in [1.54, 1.807) is 20.3 Å². The molecule has 0 aliphatic rings. The van der Waals surface area contributed by atoms with Crippen molar-refractivity contribution in [2.24, 2.45) is 4.99 Å². The Hall–Kier alpha value is -1.26. The van der Waals surface area contributed by atoms with Crippen LogP contribution in [0.15, 0.2) is 35.3 Å². The van der Waals surface area contributed by atoms with Crippen LogP contribution in [0.4, 0.5) is 0 Å². The molecule has 4 nitrogen and oxygen atoms in total. The molecular weight excluding hydrogens is 246 g/mol. The fraction of sp³-hybridized carbons (Fsp3) is 0.462. The van der Waals surface area contributed by atoms with E-state index in [1.165, 1.54) is 0 Å². The average Bonchev–Trinajstić information content (AvgIpc) is 2.44. The summed E-state index contributed by atoms with van der Waals surface area (Å²) >= 11 is 0. The van der Waals surface area contributed by atoms with Crippen molar-refractivity contribution in [3.8, 4) is 0 Å². The van der Waals surface area contributed by atoms with Gasteiger partial charge in [0.05, 0.1) is 6.54 Å². The summed E-state index contributed by atoms with van der Waals surface area (Å²) in [5, 5.41) is 1.13. The maximum absolute atomic E-state index is 9.97. The van der Waals surface area contributed by atoms with E-state index in [9.17, 15) is 4.79 Å². The van der Waals surface area contributed by atoms with Gasteiger partial charge in [0.15, 0.2) is 0 Å². The molecule has 1 rings (SSSR count). The molecule has 0 amide bonds. The molecule has 0 bridgehead atoms. The van der Waals surface area contributed by atoms with E-state index >= 15 is 0 Å². The number of aliphatic imine (C=N–C) groups is 1. The topological polar surface area (TPSA) is 47.9 Å². The molecule has 98 valence electrons. The van der Waals surface area contributed by atoms with Gasteiger partial charge in [-0.3, -0.25) is 0 Å². The third-order valence-electron chi connectivity index (χ3n) is 2.96. The molecule has 0 saturated carbocycles. The SMILES string of the molecule is CO[Si](CCCCN=C=O)(OC)c1ccccc1. The summed E-state index contributed by atoms with van der Waals surface area (Å²) in [6, 6.07) is 10.9. The Morgan fingerprint density at radius 1 is 1.17 bits per heavy atom. The quantitative estimate of drug-likeness (QED) is 0.311. The second-order valence-corrected chi connectivity index (χ2v) is 7.36. The van der Waals surface area contributed by atoms with Gasteiger partial charge in [-0.15, -0.1) is 0 Å². The number of carbonyl (C=O) groups excluding carboxylic acids is 1. The monoisotopic (exact) mass is 265 g/mol. The molecule has 1 aromatic carbocycles. The molecule has 18 heavy (non-hydrogen) atoms. The van der Waals surface area contributed by atoms with Crippen LogP contribution < -0.4 is 5.19 Å². The number of hydrogen-bond acceptors (Lipinski definition) is 4. The van der Waals surface area contributed by atoms with Crippen LogP contribution in [-0.4, -0.2) is 35.4 Å². The molecule has 0 heterocycles. The lowest BCUT2D eigenvalue weighted by molar-refractivity contribution is 0.256. The molecule has 0 atom stereocenters. The lowest BCUT2D eigenvalue weighted by Gasteiger charge is -2.27. The van der Waals surface area contributed by atoms with Crippen molar-refractivity contribution in [3.63, 3.8) is 0 Å². The summed E-state index contributed by atoms with van der Waals surface area (Å²) in [6.45, 7) is 0.524. The zero-order valence-electron chi connectivity index (χ0n) is 10.9. The van der Waals surface area contributed by atoms with Gasteiger partial charge in [-0.2, -0.15) is 0 Å². The van der Waals surface area contributed by atoms with Gasteiger partial charge in [0, 0.05) is 14.2 Å². The van der Waals surface area contributed by atoms with Crippen molar-refractivity contribution in [1.29, 1.82) is 0 Å². The third kappa shape index (κ3) is 3.89. The van der Waals surface area contributed by atoms with Gasteiger partial charge in [-0.25, -0.2) is 9.79 Å². The first-order valence-electron chi connectivity index (χ1n) is 5.98. The highest BCUT2D eigenvalue weighted by Gasteiger charge is 2.37. The van der Waals surface area contributed by atoms with Crippen LogP contribution in [0, 0.1) is 0 Å². The van der Waals surface area contributed by atoms with E-state index in [-0.39, 0.29) is 0 Å². The third-order valence-corrected chi connectivity index (χ3v) is 6.51. The van der Waals surface area contributed by atoms with Crippen LogP contribution in [0.25, 0.3) is 0 Å². The molecule has 0 N–H and O–H groups in total. The zero-order chi connectivity index (χ0) is 13.3. The van der Waals surface area contributed by atoms with Gasteiger partial charge in [0.1, 0.15) is 0 Å². The average molecular weight is 265 g/mol. The van der Waals surface area contributed by atoms with Gasteiger partial charge in [0.2, 0.25) is 6.08 Å². The molecule has 0 fully saturated rings.